The molecule has 1 fully saturated rings. The number of carbonyl (C=O) groups is 3. The number of hydrogen-bond acceptors (Lipinski definition) is 11. The molecule has 2 aromatic rings. The summed E-state index contributed by atoms with van der Waals surface area (Å²) in [6, 6.07) is 4.40. The molecule has 0 aromatic heterocycles. The summed E-state index contributed by atoms with van der Waals surface area (Å²) in [5.41, 5.74) is -3.45. The summed E-state index contributed by atoms with van der Waals surface area (Å²) in [4.78, 5) is 39.8. The van der Waals surface area contributed by atoms with Crippen LogP contribution in [0.15, 0.2) is 18.2 Å². The van der Waals surface area contributed by atoms with E-state index in [4.69, 9.17) is 14.2 Å². The van der Waals surface area contributed by atoms with Crippen molar-refractivity contribution in [2.45, 2.75) is 63.3 Å². The van der Waals surface area contributed by atoms with E-state index < -0.39 is 89.6 Å². The number of aliphatic hydroxyl groups is 3. The predicted molar refractivity (Wildman–Crippen MR) is 133 cm³/mol. The third kappa shape index (κ3) is 4.12. The standard InChI is InChI=1S/C28H30O11/c1-11-7-18(38-12(2)23(11)31)39-16-9-28(36,17(30)10-29)8-14-20(16)27(35)22-21(25(14)33)24(32)13-5-4-6-15(37-3)19(13)26(22)34/h4-6,11-12,16,18,23,29,31,33,35-36H,7-10H2,1-3H3/t11-,12-,16-,18-,23-,28-/m0/s1. The third-order valence-electron chi connectivity index (χ3n) is 8.05. The van der Waals surface area contributed by atoms with Gasteiger partial charge in [-0.3, -0.25) is 14.4 Å². The van der Waals surface area contributed by atoms with Crippen LogP contribution in [0.3, 0.4) is 0 Å². The Kier molecular flexibility index (Phi) is 6.76. The van der Waals surface area contributed by atoms with E-state index in [0.29, 0.717) is 0 Å². The minimum absolute atomic E-state index is 0.0380. The van der Waals surface area contributed by atoms with E-state index >= 15 is 0 Å². The average molecular weight is 543 g/mol. The summed E-state index contributed by atoms with van der Waals surface area (Å²) in [6.07, 6.45) is -4.31. The van der Waals surface area contributed by atoms with E-state index in [1.54, 1.807) is 13.8 Å². The number of aromatic hydroxyl groups is 2. The van der Waals surface area contributed by atoms with Crippen molar-refractivity contribution in [3.63, 3.8) is 0 Å². The molecule has 2 aromatic carbocycles. The highest BCUT2D eigenvalue weighted by atomic mass is 16.7. The maximum absolute atomic E-state index is 13.7. The molecule has 2 aliphatic carbocycles. The van der Waals surface area contributed by atoms with E-state index in [-0.39, 0.29) is 40.3 Å². The molecule has 11 nitrogen and oxygen atoms in total. The highest BCUT2D eigenvalue weighted by Crippen LogP contribution is 2.52. The summed E-state index contributed by atoms with van der Waals surface area (Å²) in [5.74, 6) is -3.87. The number of hydrogen-bond donors (Lipinski definition) is 5. The zero-order valence-corrected chi connectivity index (χ0v) is 21.6. The normalized spacial score (nSPS) is 29.8. The van der Waals surface area contributed by atoms with Gasteiger partial charge < -0.3 is 39.7 Å². The van der Waals surface area contributed by atoms with Gasteiger partial charge in [-0.15, -0.1) is 0 Å². The monoisotopic (exact) mass is 542 g/mol. The van der Waals surface area contributed by atoms with Gasteiger partial charge in [0, 0.05) is 36.0 Å². The molecule has 0 spiro atoms. The van der Waals surface area contributed by atoms with Gasteiger partial charge in [-0.1, -0.05) is 19.1 Å². The largest absolute Gasteiger partial charge is 0.507 e. The van der Waals surface area contributed by atoms with Gasteiger partial charge in [0.15, 0.2) is 17.9 Å². The molecule has 6 atom stereocenters. The lowest BCUT2D eigenvalue weighted by molar-refractivity contribution is -0.255. The molecule has 0 saturated carbocycles. The molecule has 1 heterocycles. The number of ketones is 3. The Morgan fingerprint density at radius 1 is 1.10 bits per heavy atom. The molecule has 0 radical (unpaired) electrons. The Labute approximate surface area is 223 Å². The van der Waals surface area contributed by atoms with Crippen molar-refractivity contribution in [1.82, 2.24) is 0 Å². The first-order chi connectivity index (χ1) is 18.4. The molecule has 11 heteroatoms. The fourth-order valence-electron chi connectivity index (χ4n) is 5.95. The van der Waals surface area contributed by atoms with Gasteiger partial charge in [-0.25, -0.2) is 0 Å². The van der Waals surface area contributed by atoms with Crippen LogP contribution in [0.2, 0.25) is 0 Å². The van der Waals surface area contributed by atoms with Gasteiger partial charge in [0.1, 0.15) is 29.5 Å². The Morgan fingerprint density at radius 2 is 1.79 bits per heavy atom. The molecule has 1 aliphatic heterocycles. The molecule has 208 valence electrons. The van der Waals surface area contributed by atoms with Crippen LogP contribution in [0.4, 0.5) is 0 Å². The Morgan fingerprint density at radius 3 is 2.44 bits per heavy atom. The second-order valence-corrected chi connectivity index (χ2v) is 10.5. The number of phenolic OH excluding ortho intramolecular Hbond substituents is 2. The molecule has 5 rings (SSSR count). The van der Waals surface area contributed by atoms with Gasteiger partial charge in [0.25, 0.3) is 0 Å². The van der Waals surface area contributed by atoms with Gasteiger partial charge in [0.2, 0.25) is 5.78 Å². The molecule has 5 N–H and O–H groups in total. The molecule has 0 amide bonds. The molecule has 1 saturated heterocycles. The van der Waals surface area contributed by atoms with E-state index in [0.717, 1.165) is 0 Å². The summed E-state index contributed by atoms with van der Waals surface area (Å²) in [7, 11) is 1.33. The fraction of sp³-hybridized carbons (Fsp3) is 0.464. The number of ether oxygens (including phenoxy) is 3. The number of aliphatic hydroxyl groups excluding tert-OH is 2. The SMILES string of the molecule is COc1cccc2c1C(=O)c1c(O)c3c(c(O)c1C2=O)C[C@@](O)(C(=O)CO)C[C@@H]3O[C@H]1C[C@H](C)[C@H](O)[C@H](C)O1. The average Bonchev–Trinajstić information content (AvgIpc) is 2.90. The van der Waals surface area contributed by atoms with Crippen LogP contribution < -0.4 is 4.74 Å². The molecule has 0 bridgehead atoms. The van der Waals surface area contributed by atoms with Gasteiger partial charge in [-0.05, 0) is 18.9 Å². The van der Waals surface area contributed by atoms with Crippen molar-refractivity contribution < 1.29 is 54.1 Å². The third-order valence-corrected chi connectivity index (χ3v) is 8.05. The Hall–Kier alpha value is -3.35. The zero-order valence-electron chi connectivity index (χ0n) is 21.6. The van der Waals surface area contributed by atoms with E-state index in [9.17, 15) is 39.9 Å². The number of methoxy groups -OCH3 is 1. The number of phenols is 2. The maximum Gasteiger partial charge on any atom is 0.202 e. The van der Waals surface area contributed by atoms with Crippen molar-refractivity contribution in [2.75, 3.05) is 13.7 Å². The van der Waals surface area contributed by atoms with Crippen LogP contribution in [0.25, 0.3) is 0 Å². The first kappa shape index (κ1) is 27.2. The van der Waals surface area contributed by atoms with Crippen molar-refractivity contribution in [2.24, 2.45) is 5.92 Å². The molecular formula is C28H30O11. The minimum Gasteiger partial charge on any atom is -0.507 e. The molecule has 0 unspecified atom stereocenters. The summed E-state index contributed by atoms with van der Waals surface area (Å²) >= 11 is 0. The lowest BCUT2D eigenvalue weighted by Crippen LogP contribution is -2.49. The van der Waals surface area contributed by atoms with Crippen LogP contribution >= 0.6 is 0 Å². The number of fused-ring (bicyclic) bond motifs is 3. The zero-order chi connectivity index (χ0) is 28.4. The molecule has 39 heavy (non-hydrogen) atoms. The lowest BCUT2D eigenvalue weighted by Gasteiger charge is -2.42. The first-order valence-electron chi connectivity index (χ1n) is 12.7. The predicted octanol–water partition coefficient (Wildman–Crippen LogP) is 1.31. The Bertz CT molecular complexity index is 1370. The molecule has 3 aliphatic rings. The smallest absolute Gasteiger partial charge is 0.202 e. The summed E-state index contributed by atoms with van der Waals surface area (Å²) < 4.78 is 17.2. The van der Waals surface area contributed by atoms with Crippen molar-refractivity contribution in [1.29, 1.82) is 0 Å². The van der Waals surface area contributed by atoms with Crippen LogP contribution in [-0.2, 0) is 20.7 Å². The van der Waals surface area contributed by atoms with Crippen molar-refractivity contribution >= 4 is 17.3 Å². The second-order valence-electron chi connectivity index (χ2n) is 10.5. The maximum atomic E-state index is 13.7. The van der Waals surface area contributed by atoms with Gasteiger partial charge in [-0.2, -0.15) is 0 Å². The number of rotatable bonds is 5. The molecular weight excluding hydrogens is 512 g/mol. The number of benzene rings is 2. The summed E-state index contributed by atoms with van der Waals surface area (Å²) in [6.45, 7) is 2.46. The van der Waals surface area contributed by atoms with Gasteiger partial charge in [0.05, 0.1) is 42.1 Å². The van der Waals surface area contributed by atoms with Crippen LogP contribution in [0.5, 0.6) is 17.2 Å². The number of Topliss-reactive ketones (excluding diaryl/α,β-unsaturated/α-hetero) is 1. The van der Waals surface area contributed by atoms with Crippen LogP contribution in [-0.4, -0.2) is 80.7 Å². The van der Waals surface area contributed by atoms with E-state index in [1.807, 2.05) is 0 Å². The van der Waals surface area contributed by atoms with E-state index in [2.05, 4.69) is 0 Å². The summed E-state index contributed by atoms with van der Waals surface area (Å²) in [5, 5.41) is 53.9. The lowest BCUT2D eigenvalue weighted by atomic mass is 9.72. The first-order valence-corrected chi connectivity index (χ1v) is 12.7. The second kappa shape index (κ2) is 9.68. The minimum atomic E-state index is -2.21. The van der Waals surface area contributed by atoms with Gasteiger partial charge >= 0.3 is 0 Å². The van der Waals surface area contributed by atoms with E-state index in [1.165, 1.54) is 25.3 Å². The number of carbonyl (C=O) groups excluding carboxylic acids is 3. The topological polar surface area (TPSA) is 180 Å². The highest BCUT2D eigenvalue weighted by molar-refractivity contribution is 6.31. The fourth-order valence-corrected chi connectivity index (χ4v) is 5.95. The van der Waals surface area contributed by atoms with Crippen LogP contribution in [0.1, 0.15) is 75.8 Å². The van der Waals surface area contributed by atoms with Crippen LogP contribution in [0, 0.1) is 5.92 Å². The Balaban J connectivity index is 1.69. The quantitative estimate of drug-likeness (QED) is 0.293. The van der Waals surface area contributed by atoms with Crippen molar-refractivity contribution in [3.8, 4) is 17.2 Å². The highest BCUT2D eigenvalue weighted by Gasteiger charge is 2.50. The van der Waals surface area contributed by atoms with Crippen molar-refractivity contribution in [3.05, 3.63) is 51.6 Å².